The van der Waals surface area contributed by atoms with Crippen LogP contribution in [0.4, 0.5) is 5.82 Å². The smallest absolute Gasteiger partial charge is 0.219 e. The summed E-state index contributed by atoms with van der Waals surface area (Å²) in [6.07, 6.45) is 0. The van der Waals surface area contributed by atoms with Crippen LogP contribution in [0.25, 0.3) is 10.9 Å². The number of rotatable bonds is 2. The van der Waals surface area contributed by atoms with Crippen molar-refractivity contribution in [2.24, 2.45) is 5.73 Å². The Kier molecular flexibility index (Phi) is 4.22. The molecule has 3 rings (SSSR count). The van der Waals surface area contributed by atoms with Crippen molar-refractivity contribution in [1.82, 2.24) is 9.88 Å². The average Bonchev–Trinajstić information content (AvgIpc) is 2.54. The zero-order valence-corrected chi connectivity index (χ0v) is 14.0. The minimum Gasteiger partial charge on any atom is -0.353 e. The van der Waals surface area contributed by atoms with Gasteiger partial charge in [0.25, 0.3) is 0 Å². The van der Waals surface area contributed by atoms with E-state index >= 15 is 0 Å². The normalized spacial score (nSPS) is 16.7. The number of piperazine rings is 1. The summed E-state index contributed by atoms with van der Waals surface area (Å²) in [5, 5.41) is 1.13. The number of carbonyl (C=O) groups excluding carboxylic acids is 1. The molecule has 0 saturated carbocycles. The molecule has 1 amide bonds. The number of aromatic nitrogens is 1. The summed E-state index contributed by atoms with van der Waals surface area (Å²) in [4.78, 5) is 20.6. The Morgan fingerprint density at radius 2 is 1.96 bits per heavy atom. The molecule has 1 fully saturated rings. The van der Waals surface area contributed by atoms with Gasteiger partial charge in [0.1, 0.15) is 5.82 Å². The van der Waals surface area contributed by atoms with Gasteiger partial charge < -0.3 is 15.5 Å². The molecule has 0 radical (unpaired) electrons. The molecule has 0 bridgehead atoms. The zero-order valence-electron chi connectivity index (χ0n) is 14.0. The van der Waals surface area contributed by atoms with E-state index in [1.54, 1.807) is 6.92 Å². The van der Waals surface area contributed by atoms with Crippen LogP contribution in [0.3, 0.4) is 0 Å². The molecule has 2 aromatic rings. The van der Waals surface area contributed by atoms with Gasteiger partial charge in [0.15, 0.2) is 0 Å². The van der Waals surface area contributed by atoms with E-state index < -0.39 is 0 Å². The third-order valence-electron chi connectivity index (χ3n) is 4.57. The van der Waals surface area contributed by atoms with E-state index in [9.17, 15) is 4.79 Å². The van der Waals surface area contributed by atoms with Gasteiger partial charge in [0.2, 0.25) is 5.91 Å². The minimum atomic E-state index is -0.0757. The highest BCUT2D eigenvalue weighted by Gasteiger charge is 2.23. The molecule has 0 unspecified atom stereocenters. The van der Waals surface area contributed by atoms with Crippen LogP contribution in [-0.4, -0.2) is 42.0 Å². The van der Waals surface area contributed by atoms with E-state index in [2.05, 4.69) is 36.1 Å². The number of nitrogens with zero attached hydrogens (tertiary/aromatic N) is 3. The van der Waals surface area contributed by atoms with Crippen molar-refractivity contribution in [1.29, 1.82) is 0 Å². The van der Waals surface area contributed by atoms with Gasteiger partial charge in [-0.05, 0) is 25.5 Å². The number of fused-ring (bicyclic) bond motifs is 1. The minimum absolute atomic E-state index is 0.0757. The third kappa shape index (κ3) is 3.01. The fraction of sp³-hybridized carbons (Fsp3) is 0.444. The maximum atomic E-state index is 11.5. The summed E-state index contributed by atoms with van der Waals surface area (Å²) >= 11 is 0. The predicted molar refractivity (Wildman–Crippen MR) is 93.5 cm³/mol. The van der Waals surface area contributed by atoms with Gasteiger partial charge in [-0.2, -0.15) is 0 Å². The molecular weight excluding hydrogens is 288 g/mol. The Hall–Kier alpha value is -2.14. The van der Waals surface area contributed by atoms with Crippen LogP contribution in [0.2, 0.25) is 0 Å². The van der Waals surface area contributed by atoms with Crippen molar-refractivity contribution in [2.45, 2.75) is 26.8 Å². The summed E-state index contributed by atoms with van der Waals surface area (Å²) in [5.41, 5.74) is 9.46. The van der Waals surface area contributed by atoms with E-state index in [-0.39, 0.29) is 11.9 Å². The predicted octanol–water partition coefficient (Wildman–Crippen LogP) is 2.23. The second-order valence-corrected chi connectivity index (χ2v) is 6.33. The first-order chi connectivity index (χ1) is 11.0. The molecule has 1 aliphatic heterocycles. The molecule has 1 aliphatic rings. The fourth-order valence-corrected chi connectivity index (χ4v) is 3.17. The molecule has 5 heteroatoms. The van der Waals surface area contributed by atoms with E-state index in [1.807, 2.05) is 11.8 Å². The van der Waals surface area contributed by atoms with Gasteiger partial charge in [-0.3, -0.25) is 4.79 Å². The van der Waals surface area contributed by atoms with Crippen molar-refractivity contribution in [2.75, 3.05) is 31.1 Å². The van der Waals surface area contributed by atoms with Gasteiger partial charge in [-0.1, -0.05) is 18.2 Å². The number of hydrogen-bond acceptors (Lipinski definition) is 4. The molecule has 1 atom stereocenters. The lowest BCUT2D eigenvalue weighted by Crippen LogP contribution is -2.48. The van der Waals surface area contributed by atoms with Crippen molar-refractivity contribution in [3.8, 4) is 0 Å². The van der Waals surface area contributed by atoms with Crippen molar-refractivity contribution >= 4 is 22.6 Å². The Balaban J connectivity index is 2.00. The quantitative estimate of drug-likeness (QED) is 0.924. The molecule has 0 spiro atoms. The first-order valence-electron chi connectivity index (χ1n) is 8.13. The highest BCUT2D eigenvalue weighted by Crippen LogP contribution is 2.29. The molecule has 2 heterocycles. The van der Waals surface area contributed by atoms with Crippen LogP contribution in [-0.2, 0) is 4.79 Å². The molecule has 5 nitrogen and oxygen atoms in total. The number of pyridine rings is 1. The topological polar surface area (TPSA) is 62.5 Å². The maximum absolute atomic E-state index is 11.5. The Labute approximate surface area is 137 Å². The first kappa shape index (κ1) is 15.7. The number of aryl methyl sites for hydroxylation is 1. The zero-order chi connectivity index (χ0) is 16.6. The third-order valence-corrected chi connectivity index (χ3v) is 4.57. The molecule has 122 valence electrons. The number of benzene rings is 1. The van der Waals surface area contributed by atoms with E-state index in [0.29, 0.717) is 0 Å². The molecule has 0 aliphatic carbocycles. The largest absolute Gasteiger partial charge is 0.353 e. The van der Waals surface area contributed by atoms with Crippen LogP contribution in [0.1, 0.15) is 31.0 Å². The van der Waals surface area contributed by atoms with Crippen molar-refractivity contribution < 1.29 is 4.79 Å². The summed E-state index contributed by atoms with van der Waals surface area (Å²) in [6.45, 7) is 8.77. The number of anilines is 1. The second kappa shape index (κ2) is 6.16. The SMILES string of the molecule is CC(=O)N1CCN(c2nc3c(C)cccc3cc2[C@H](C)N)CC1. The van der Waals surface area contributed by atoms with Crippen LogP contribution < -0.4 is 10.6 Å². The Bertz CT molecular complexity index is 733. The number of para-hydroxylation sites is 1. The van der Waals surface area contributed by atoms with Gasteiger partial charge in [-0.25, -0.2) is 4.98 Å². The van der Waals surface area contributed by atoms with Crippen molar-refractivity contribution in [3.63, 3.8) is 0 Å². The monoisotopic (exact) mass is 312 g/mol. The molecular formula is C18H24N4O. The first-order valence-corrected chi connectivity index (χ1v) is 8.13. The highest BCUT2D eigenvalue weighted by atomic mass is 16.2. The summed E-state index contributed by atoms with van der Waals surface area (Å²) in [7, 11) is 0. The van der Waals surface area contributed by atoms with Crippen LogP contribution in [0, 0.1) is 6.92 Å². The number of carbonyl (C=O) groups is 1. The van der Waals surface area contributed by atoms with Gasteiger partial charge in [0.05, 0.1) is 5.52 Å². The van der Waals surface area contributed by atoms with Gasteiger partial charge in [0, 0.05) is 50.1 Å². The summed E-state index contributed by atoms with van der Waals surface area (Å²) < 4.78 is 0. The molecule has 1 saturated heterocycles. The van der Waals surface area contributed by atoms with Gasteiger partial charge >= 0.3 is 0 Å². The molecule has 23 heavy (non-hydrogen) atoms. The lowest BCUT2D eigenvalue weighted by Gasteiger charge is -2.36. The number of hydrogen-bond donors (Lipinski definition) is 1. The highest BCUT2D eigenvalue weighted by molar-refractivity contribution is 5.85. The lowest BCUT2D eigenvalue weighted by atomic mass is 10.0. The molecule has 2 N–H and O–H groups in total. The summed E-state index contributed by atoms with van der Waals surface area (Å²) in [6, 6.07) is 8.30. The standard InChI is InChI=1S/C18H24N4O/c1-12-5-4-6-15-11-16(13(2)19)18(20-17(12)15)22-9-7-21(8-10-22)14(3)23/h4-6,11,13H,7-10,19H2,1-3H3/t13-/m0/s1. The van der Waals surface area contributed by atoms with Crippen LogP contribution in [0.5, 0.6) is 0 Å². The summed E-state index contributed by atoms with van der Waals surface area (Å²) in [5.74, 6) is 1.10. The lowest BCUT2D eigenvalue weighted by molar-refractivity contribution is -0.129. The second-order valence-electron chi connectivity index (χ2n) is 6.33. The molecule has 1 aromatic heterocycles. The maximum Gasteiger partial charge on any atom is 0.219 e. The molecule has 1 aromatic carbocycles. The van der Waals surface area contributed by atoms with Crippen LogP contribution in [0.15, 0.2) is 24.3 Å². The Morgan fingerprint density at radius 1 is 1.26 bits per heavy atom. The van der Waals surface area contributed by atoms with E-state index in [0.717, 1.165) is 48.5 Å². The number of amides is 1. The van der Waals surface area contributed by atoms with E-state index in [4.69, 9.17) is 10.7 Å². The number of nitrogens with two attached hydrogens (primary N) is 1. The Morgan fingerprint density at radius 3 is 2.57 bits per heavy atom. The van der Waals surface area contributed by atoms with E-state index in [1.165, 1.54) is 5.56 Å². The average molecular weight is 312 g/mol. The van der Waals surface area contributed by atoms with Crippen molar-refractivity contribution in [3.05, 3.63) is 35.4 Å². The van der Waals surface area contributed by atoms with Gasteiger partial charge in [-0.15, -0.1) is 0 Å². The van der Waals surface area contributed by atoms with Crippen LogP contribution >= 0.6 is 0 Å². The fourth-order valence-electron chi connectivity index (χ4n) is 3.17.